The molecule has 3 atom stereocenters. The summed E-state index contributed by atoms with van der Waals surface area (Å²) in [4.78, 5) is 6.69. The average Bonchev–Trinajstić information content (AvgIpc) is 3.41. The molecule has 3 aromatic heterocycles. The highest BCUT2D eigenvalue weighted by molar-refractivity contribution is 5.56. The lowest BCUT2D eigenvalue weighted by molar-refractivity contribution is -0.136. The van der Waals surface area contributed by atoms with Gasteiger partial charge in [0, 0.05) is 38.7 Å². The van der Waals surface area contributed by atoms with Crippen LogP contribution in [0.5, 0.6) is 5.75 Å². The first-order chi connectivity index (χ1) is 15.4. The largest absolute Gasteiger partial charge is 0.490 e. The summed E-state index contributed by atoms with van der Waals surface area (Å²) in [5, 5.41) is 16.0. The molecule has 1 N–H and O–H groups in total. The number of alkyl halides is 3. The molecule has 0 aromatic carbocycles. The van der Waals surface area contributed by atoms with E-state index in [0.29, 0.717) is 41.1 Å². The Morgan fingerprint density at radius 1 is 1.22 bits per heavy atom. The number of rotatable bonds is 7. The summed E-state index contributed by atoms with van der Waals surface area (Å²) < 4.78 is 49.8. The molecule has 4 heterocycles. The summed E-state index contributed by atoms with van der Waals surface area (Å²) in [6, 6.07) is 4.22. The fraction of sp³-hybridized carbons (Fsp3) is 0.600. The van der Waals surface area contributed by atoms with Crippen molar-refractivity contribution in [2.75, 3.05) is 29.9 Å². The van der Waals surface area contributed by atoms with Crippen molar-refractivity contribution in [3.63, 3.8) is 0 Å². The standard InChI is InChI=1S/C20H24F3N7O2/c1-12-26-27-19(32-12)29-10-13-5-6-14(11-29)16(13)24-18-25-17-15(4-2-8-30(17)28-18)31-9-3-7-20(21,22)23/h2,4,8,13-14,16H,3,5-7,9-11H2,1H3,(H,24,28)/t13-,14+,16-. The van der Waals surface area contributed by atoms with Gasteiger partial charge < -0.3 is 19.4 Å². The lowest BCUT2D eigenvalue weighted by Crippen LogP contribution is -2.48. The molecule has 12 heteroatoms. The molecule has 0 amide bonds. The fourth-order valence-electron chi connectivity index (χ4n) is 4.69. The Morgan fingerprint density at radius 2 is 2.00 bits per heavy atom. The molecule has 32 heavy (non-hydrogen) atoms. The van der Waals surface area contributed by atoms with Crippen LogP contribution in [0.15, 0.2) is 22.7 Å². The first kappa shape index (κ1) is 20.8. The van der Waals surface area contributed by atoms with Crippen molar-refractivity contribution in [1.82, 2.24) is 24.8 Å². The molecular weight excluding hydrogens is 427 g/mol. The maximum atomic E-state index is 12.3. The monoisotopic (exact) mass is 451 g/mol. The van der Waals surface area contributed by atoms with E-state index in [1.165, 1.54) is 0 Å². The molecule has 0 unspecified atom stereocenters. The van der Waals surface area contributed by atoms with Crippen LogP contribution in [0.2, 0.25) is 0 Å². The number of fused-ring (bicyclic) bond motifs is 3. The summed E-state index contributed by atoms with van der Waals surface area (Å²) in [6.45, 7) is 3.38. The molecule has 3 aromatic rings. The van der Waals surface area contributed by atoms with Crippen LogP contribution in [-0.2, 0) is 0 Å². The number of pyridine rings is 1. The van der Waals surface area contributed by atoms with Crippen molar-refractivity contribution in [1.29, 1.82) is 0 Å². The molecule has 5 rings (SSSR count). The van der Waals surface area contributed by atoms with Crippen molar-refractivity contribution in [3.8, 4) is 5.75 Å². The molecule has 2 aliphatic rings. The van der Waals surface area contributed by atoms with Gasteiger partial charge in [-0.1, -0.05) is 5.10 Å². The van der Waals surface area contributed by atoms with Crippen molar-refractivity contribution >= 4 is 17.6 Å². The highest BCUT2D eigenvalue weighted by Crippen LogP contribution is 2.39. The normalized spacial score (nSPS) is 23.1. The Bertz CT molecular complexity index is 1070. The molecule has 1 saturated carbocycles. The molecule has 172 valence electrons. The highest BCUT2D eigenvalue weighted by Gasteiger charge is 2.43. The van der Waals surface area contributed by atoms with Crippen molar-refractivity contribution in [2.24, 2.45) is 11.8 Å². The van der Waals surface area contributed by atoms with Crippen LogP contribution in [0.25, 0.3) is 5.65 Å². The molecule has 0 spiro atoms. The SMILES string of the molecule is Cc1nnc(N2C[C@H]3CC[C@@H](C2)[C@@H]3Nc2nc3c(OCCCC(F)(F)F)cccn3n2)o1. The van der Waals surface area contributed by atoms with E-state index < -0.39 is 12.6 Å². The lowest BCUT2D eigenvalue weighted by atomic mass is 9.92. The second kappa shape index (κ2) is 8.14. The minimum absolute atomic E-state index is 0.0352. The van der Waals surface area contributed by atoms with Gasteiger partial charge in [0.1, 0.15) is 0 Å². The second-order valence-electron chi connectivity index (χ2n) is 8.42. The Balaban J connectivity index is 1.25. The van der Waals surface area contributed by atoms with Gasteiger partial charge in [-0.2, -0.15) is 18.2 Å². The van der Waals surface area contributed by atoms with Crippen LogP contribution in [0.3, 0.4) is 0 Å². The zero-order valence-electron chi connectivity index (χ0n) is 17.5. The predicted molar refractivity (Wildman–Crippen MR) is 109 cm³/mol. The Labute approximate surface area is 182 Å². The zero-order valence-corrected chi connectivity index (χ0v) is 17.5. The van der Waals surface area contributed by atoms with Gasteiger partial charge in [0.15, 0.2) is 11.4 Å². The molecule has 9 nitrogen and oxygen atoms in total. The van der Waals surface area contributed by atoms with E-state index in [1.807, 2.05) is 0 Å². The van der Waals surface area contributed by atoms with E-state index in [-0.39, 0.29) is 19.1 Å². The van der Waals surface area contributed by atoms with E-state index in [1.54, 1.807) is 29.8 Å². The van der Waals surface area contributed by atoms with E-state index in [4.69, 9.17) is 9.15 Å². The number of hydrogen-bond donors (Lipinski definition) is 1. The number of nitrogens with one attached hydrogen (secondary N) is 1. The van der Waals surface area contributed by atoms with Gasteiger partial charge in [-0.15, -0.1) is 10.2 Å². The fourth-order valence-corrected chi connectivity index (χ4v) is 4.69. The number of aryl methyl sites for hydroxylation is 1. The van der Waals surface area contributed by atoms with Crippen molar-refractivity contribution in [2.45, 2.75) is 44.8 Å². The zero-order chi connectivity index (χ0) is 22.3. The molecule has 2 fully saturated rings. The predicted octanol–water partition coefficient (Wildman–Crippen LogP) is 3.47. The third-order valence-corrected chi connectivity index (χ3v) is 6.10. The third-order valence-electron chi connectivity index (χ3n) is 6.10. The Hall–Kier alpha value is -3.05. The number of ether oxygens (including phenoxy) is 1. The van der Waals surface area contributed by atoms with Gasteiger partial charge in [-0.05, 0) is 43.2 Å². The van der Waals surface area contributed by atoms with E-state index in [2.05, 4.69) is 30.5 Å². The third kappa shape index (κ3) is 4.30. The smallest absolute Gasteiger partial charge is 0.389 e. The minimum atomic E-state index is -4.18. The first-order valence-corrected chi connectivity index (χ1v) is 10.7. The van der Waals surface area contributed by atoms with E-state index in [9.17, 15) is 13.2 Å². The Morgan fingerprint density at radius 3 is 2.69 bits per heavy atom. The number of piperidine rings is 1. The van der Waals surface area contributed by atoms with Crippen LogP contribution < -0.4 is 15.0 Å². The molecule has 2 bridgehead atoms. The van der Waals surface area contributed by atoms with Gasteiger partial charge in [0.05, 0.1) is 6.61 Å². The van der Waals surface area contributed by atoms with Crippen LogP contribution in [-0.4, -0.2) is 56.7 Å². The maximum Gasteiger partial charge on any atom is 0.389 e. The number of anilines is 2. The topological polar surface area (TPSA) is 93.6 Å². The maximum absolute atomic E-state index is 12.3. The molecule has 0 radical (unpaired) electrons. The van der Waals surface area contributed by atoms with E-state index in [0.717, 1.165) is 25.9 Å². The minimum Gasteiger partial charge on any atom is -0.490 e. The number of nitrogens with zero attached hydrogens (tertiary/aromatic N) is 6. The Kier molecular flexibility index (Phi) is 5.30. The quantitative estimate of drug-likeness (QED) is 0.546. The van der Waals surface area contributed by atoms with Crippen molar-refractivity contribution in [3.05, 3.63) is 24.2 Å². The van der Waals surface area contributed by atoms with E-state index >= 15 is 0 Å². The van der Waals surface area contributed by atoms with Crippen LogP contribution >= 0.6 is 0 Å². The van der Waals surface area contributed by atoms with Crippen LogP contribution in [0, 0.1) is 18.8 Å². The van der Waals surface area contributed by atoms with Crippen LogP contribution in [0.4, 0.5) is 25.1 Å². The van der Waals surface area contributed by atoms with Gasteiger partial charge in [0.25, 0.3) is 0 Å². The van der Waals surface area contributed by atoms with Crippen LogP contribution in [0.1, 0.15) is 31.6 Å². The van der Waals surface area contributed by atoms with Gasteiger partial charge in [-0.3, -0.25) is 0 Å². The first-order valence-electron chi connectivity index (χ1n) is 10.7. The van der Waals surface area contributed by atoms with Crippen molar-refractivity contribution < 1.29 is 22.3 Å². The number of hydrogen-bond acceptors (Lipinski definition) is 8. The summed E-state index contributed by atoms with van der Waals surface area (Å²) in [6.07, 6.45) is -1.24. The molecule has 1 saturated heterocycles. The summed E-state index contributed by atoms with van der Waals surface area (Å²) in [7, 11) is 0. The highest BCUT2D eigenvalue weighted by atomic mass is 19.4. The lowest BCUT2D eigenvalue weighted by Gasteiger charge is -2.37. The number of aromatic nitrogens is 5. The molecule has 1 aliphatic heterocycles. The van der Waals surface area contributed by atoms with Gasteiger partial charge >= 0.3 is 12.2 Å². The average molecular weight is 451 g/mol. The summed E-state index contributed by atoms with van der Waals surface area (Å²) in [5.74, 6) is 2.24. The van der Waals surface area contributed by atoms with Gasteiger partial charge in [0.2, 0.25) is 11.8 Å². The second-order valence-corrected chi connectivity index (χ2v) is 8.42. The molecular formula is C20H24F3N7O2. The van der Waals surface area contributed by atoms with Gasteiger partial charge in [-0.25, -0.2) is 4.52 Å². The number of halogens is 3. The molecule has 1 aliphatic carbocycles. The summed E-state index contributed by atoms with van der Waals surface area (Å²) >= 11 is 0. The summed E-state index contributed by atoms with van der Waals surface area (Å²) in [5.41, 5.74) is 0.480.